The molecule has 0 aliphatic heterocycles. The fraction of sp³-hybridized carbons (Fsp3) is 0.966. The maximum atomic E-state index is 12.1. The highest BCUT2D eigenvalue weighted by atomic mass is 16.3. The quantitative estimate of drug-likeness (QED) is 0.485. The van der Waals surface area contributed by atoms with Gasteiger partial charge in [0.25, 0.3) is 0 Å². The number of amides is 1. The van der Waals surface area contributed by atoms with Crippen LogP contribution in [0, 0.1) is 52.3 Å². The Hall–Kier alpha value is -0.570. The van der Waals surface area contributed by atoms with E-state index in [1.165, 1.54) is 44.9 Å². The molecule has 0 radical (unpaired) electrons. The van der Waals surface area contributed by atoms with Crippen LogP contribution in [0.25, 0.3) is 0 Å². The van der Waals surface area contributed by atoms with Crippen molar-refractivity contribution in [1.29, 1.82) is 0 Å². The summed E-state index contributed by atoms with van der Waals surface area (Å²) in [6, 6.07) is 0.249. The molecule has 0 heterocycles. The minimum Gasteiger partial charge on any atom is -0.393 e. The highest BCUT2D eigenvalue weighted by Crippen LogP contribution is 2.68. The number of carbonyl (C=O) groups is 1. The summed E-state index contributed by atoms with van der Waals surface area (Å²) in [7, 11) is 0. The molecule has 4 fully saturated rings. The second-order valence-corrected chi connectivity index (χ2v) is 13.5. The van der Waals surface area contributed by atoms with E-state index >= 15 is 0 Å². The summed E-state index contributed by atoms with van der Waals surface area (Å²) in [6.45, 7) is 14.1. The molecule has 4 aliphatic rings. The maximum absolute atomic E-state index is 12.1. The average Bonchev–Trinajstić information content (AvgIpc) is 3.06. The van der Waals surface area contributed by atoms with Crippen LogP contribution in [-0.4, -0.2) is 23.2 Å². The Balaban J connectivity index is 1.55. The zero-order valence-electron chi connectivity index (χ0n) is 21.8. The number of hydrogen-bond acceptors (Lipinski definition) is 2. The van der Waals surface area contributed by atoms with Crippen molar-refractivity contribution in [2.75, 3.05) is 0 Å². The van der Waals surface area contributed by atoms with Gasteiger partial charge in [0.1, 0.15) is 0 Å². The lowest BCUT2D eigenvalue weighted by atomic mass is 9.43. The highest BCUT2D eigenvalue weighted by molar-refractivity contribution is 5.73. The minimum atomic E-state index is -0.183. The van der Waals surface area contributed by atoms with Gasteiger partial charge in [0.15, 0.2) is 0 Å². The van der Waals surface area contributed by atoms with Gasteiger partial charge in [0.05, 0.1) is 6.10 Å². The predicted molar refractivity (Wildman–Crippen MR) is 132 cm³/mol. The van der Waals surface area contributed by atoms with Crippen LogP contribution in [0.3, 0.4) is 0 Å². The van der Waals surface area contributed by atoms with Crippen molar-refractivity contribution in [3.8, 4) is 0 Å². The molecule has 1 unspecified atom stereocenters. The van der Waals surface area contributed by atoms with Crippen LogP contribution >= 0.6 is 0 Å². The largest absolute Gasteiger partial charge is 0.393 e. The molecule has 4 rings (SSSR count). The lowest BCUT2D eigenvalue weighted by molar-refractivity contribution is -0.146. The van der Waals surface area contributed by atoms with E-state index in [1.807, 2.05) is 0 Å². The van der Waals surface area contributed by atoms with Gasteiger partial charge in [-0.15, -0.1) is 0 Å². The molecule has 32 heavy (non-hydrogen) atoms. The molecule has 0 aromatic heterocycles. The SMILES string of the molecule is CC(=O)N[C@@H]1C[C@@H]2[C@H](CC[C@]3(C)C([C@H](C)CCCC(C)C)CC[C@@H]23)[C@@]2(C)CC[C@H](O)C[C@H]12. The van der Waals surface area contributed by atoms with Crippen LogP contribution in [0.1, 0.15) is 112 Å². The van der Waals surface area contributed by atoms with Crippen LogP contribution in [0.4, 0.5) is 0 Å². The third-order valence-electron chi connectivity index (χ3n) is 11.3. The second-order valence-electron chi connectivity index (χ2n) is 13.5. The summed E-state index contributed by atoms with van der Waals surface area (Å²) in [4.78, 5) is 12.1. The van der Waals surface area contributed by atoms with E-state index in [0.717, 1.165) is 61.2 Å². The standard InChI is InChI=1S/C29H51NO2/c1-18(2)8-7-9-19(3)23-10-11-24-22-17-27(30-20(4)31)26-16-21(32)12-14-29(26,6)25(22)13-15-28(23,24)5/h18-19,21-27,32H,7-17H2,1-6H3,(H,30,31)/t19-,21+,22+,23?,24+,25+,26-,27-,28-,29-/m1/s1. The first-order valence-electron chi connectivity index (χ1n) is 14.0. The van der Waals surface area contributed by atoms with E-state index in [0.29, 0.717) is 11.3 Å². The Kier molecular flexibility index (Phi) is 7.08. The summed E-state index contributed by atoms with van der Waals surface area (Å²) >= 11 is 0. The average molecular weight is 446 g/mol. The van der Waals surface area contributed by atoms with Crippen molar-refractivity contribution in [3.05, 3.63) is 0 Å². The summed E-state index contributed by atoms with van der Waals surface area (Å²) < 4.78 is 0. The topological polar surface area (TPSA) is 49.3 Å². The van der Waals surface area contributed by atoms with Crippen molar-refractivity contribution in [3.63, 3.8) is 0 Å². The first-order valence-corrected chi connectivity index (χ1v) is 14.0. The van der Waals surface area contributed by atoms with Crippen LogP contribution in [0.2, 0.25) is 0 Å². The fourth-order valence-corrected chi connectivity index (χ4v) is 9.77. The Labute approximate surface area is 197 Å². The molecular weight excluding hydrogens is 394 g/mol. The molecule has 10 atom stereocenters. The Morgan fingerprint density at radius 1 is 0.938 bits per heavy atom. The number of aliphatic hydroxyl groups excluding tert-OH is 1. The molecule has 3 nitrogen and oxygen atoms in total. The molecular formula is C29H51NO2. The predicted octanol–water partition coefficient (Wildman–Crippen LogP) is 6.58. The van der Waals surface area contributed by atoms with Crippen molar-refractivity contribution >= 4 is 5.91 Å². The van der Waals surface area contributed by atoms with Crippen LogP contribution in [0.15, 0.2) is 0 Å². The first-order chi connectivity index (χ1) is 15.1. The summed E-state index contributed by atoms with van der Waals surface area (Å²) in [6.07, 6.45) is 13.6. The van der Waals surface area contributed by atoms with Crippen molar-refractivity contribution in [1.82, 2.24) is 5.32 Å². The normalized spacial score (nSPS) is 46.8. The van der Waals surface area contributed by atoms with Gasteiger partial charge in [-0.2, -0.15) is 0 Å². The number of hydrogen-bond donors (Lipinski definition) is 2. The number of rotatable bonds is 6. The van der Waals surface area contributed by atoms with Gasteiger partial charge < -0.3 is 10.4 Å². The molecule has 3 heteroatoms. The van der Waals surface area contributed by atoms with Crippen LogP contribution < -0.4 is 5.32 Å². The van der Waals surface area contributed by atoms with E-state index in [-0.39, 0.29) is 23.5 Å². The first kappa shape index (κ1) is 24.6. The number of nitrogens with one attached hydrogen (secondary N) is 1. The fourth-order valence-electron chi connectivity index (χ4n) is 9.77. The molecule has 1 amide bonds. The molecule has 0 saturated heterocycles. The van der Waals surface area contributed by atoms with E-state index in [9.17, 15) is 9.90 Å². The van der Waals surface area contributed by atoms with E-state index in [2.05, 4.69) is 39.9 Å². The molecule has 0 spiro atoms. The van der Waals surface area contributed by atoms with Gasteiger partial charge in [-0.05, 0) is 104 Å². The molecule has 0 aromatic rings. The molecule has 0 bridgehead atoms. The lowest BCUT2D eigenvalue weighted by Gasteiger charge is -2.63. The minimum absolute atomic E-state index is 0.109. The third-order valence-corrected chi connectivity index (χ3v) is 11.3. The van der Waals surface area contributed by atoms with Gasteiger partial charge >= 0.3 is 0 Å². The summed E-state index contributed by atoms with van der Waals surface area (Å²) in [5.74, 6) is 5.42. The Bertz CT molecular complexity index is 676. The Morgan fingerprint density at radius 2 is 1.62 bits per heavy atom. The zero-order valence-corrected chi connectivity index (χ0v) is 21.8. The highest BCUT2D eigenvalue weighted by Gasteiger charge is 2.62. The van der Waals surface area contributed by atoms with E-state index in [1.54, 1.807) is 6.92 Å². The molecule has 184 valence electrons. The lowest BCUT2D eigenvalue weighted by Crippen LogP contribution is -2.61. The van der Waals surface area contributed by atoms with Gasteiger partial charge in [-0.1, -0.05) is 53.9 Å². The number of fused-ring (bicyclic) bond motifs is 5. The van der Waals surface area contributed by atoms with E-state index < -0.39 is 0 Å². The maximum Gasteiger partial charge on any atom is 0.217 e. The Morgan fingerprint density at radius 3 is 2.31 bits per heavy atom. The van der Waals surface area contributed by atoms with Crippen molar-refractivity contribution in [2.45, 2.75) is 124 Å². The van der Waals surface area contributed by atoms with Crippen molar-refractivity contribution in [2.24, 2.45) is 52.3 Å². The molecule has 0 aromatic carbocycles. The van der Waals surface area contributed by atoms with Crippen LogP contribution in [0.5, 0.6) is 0 Å². The monoisotopic (exact) mass is 445 g/mol. The van der Waals surface area contributed by atoms with Gasteiger partial charge in [-0.3, -0.25) is 4.79 Å². The third kappa shape index (κ3) is 4.29. The molecule has 2 N–H and O–H groups in total. The van der Waals surface area contributed by atoms with Gasteiger partial charge in [0.2, 0.25) is 5.91 Å². The smallest absolute Gasteiger partial charge is 0.217 e. The summed E-state index contributed by atoms with van der Waals surface area (Å²) in [5.41, 5.74) is 0.758. The van der Waals surface area contributed by atoms with Gasteiger partial charge in [-0.25, -0.2) is 0 Å². The zero-order chi connectivity index (χ0) is 23.3. The summed E-state index contributed by atoms with van der Waals surface area (Å²) in [5, 5.41) is 13.9. The number of carbonyl (C=O) groups excluding carboxylic acids is 1. The molecule has 4 aliphatic carbocycles. The second kappa shape index (κ2) is 9.23. The van der Waals surface area contributed by atoms with E-state index in [4.69, 9.17) is 0 Å². The number of aliphatic hydroxyl groups is 1. The van der Waals surface area contributed by atoms with Crippen LogP contribution in [-0.2, 0) is 4.79 Å². The van der Waals surface area contributed by atoms with Crippen molar-refractivity contribution < 1.29 is 9.90 Å². The molecule has 4 saturated carbocycles. The van der Waals surface area contributed by atoms with Gasteiger partial charge in [0, 0.05) is 13.0 Å².